The lowest BCUT2D eigenvalue weighted by atomic mass is 9.83. The van der Waals surface area contributed by atoms with E-state index in [1.165, 1.54) is 19.3 Å². The molecule has 0 aliphatic heterocycles. The molecule has 1 aliphatic carbocycles. The summed E-state index contributed by atoms with van der Waals surface area (Å²) in [5.41, 5.74) is 6.59. The van der Waals surface area contributed by atoms with Gasteiger partial charge in [0.2, 0.25) is 5.91 Å². The molecule has 1 fully saturated rings. The molecule has 0 spiro atoms. The van der Waals surface area contributed by atoms with Crippen LogP contribution < -0.4 is 11.1 Å². The number of aromatic hydroxyl groups is 1. The number of nitrogens with two attached hydrogens (primary N) is 1. The van der Waals surface area contributed by atoms with Crippen molar-refractivity contribution in [2.75, 3.05) is 0 Å². The lowest BCUT2D eigenvalue weighted by molar-refractivity contribution is -0.121. The highest BCUT2D eigenvalue weighted by atomic mass is 32.1. The zero-order valence-corrected chi connectivity index (χ0v) is 12.9. The fourth-order valence-corrected chi connectivity index (χ4v) is 3.22. The Morgan fingerprint density at radius 1 is 1.38 bits per heavy atom. The minimum atomic E-state index is -0.217. The van der Waals surface area contributed by atoms with Gasteiger partial charge in [-0.15, -0.1) is 0 Å². The van der Waals surface area contributed by atoms with Crippen LogP contribution >= 0.6 is 12.2 Å². The molecule has 1 amide bonds. The number of benzene rings is 1. The summed E-state index contributed by atoms with van der Waals surface area (Å²) < 4.78 is 0. The second-order valence-electron chi connectivity index (χ2n) is 5.69. The molecule has 0 heterocycles. The number of amides is 1. The van der Waals surface area contributed by atoms with E-state index in [4.69, 9.17) is 18.0 Å². The van der Waals surface area contributed by atoms with Crippen molar-refractivity contribution in [3.63, 3.8) is 0 Å². The van der Waals surface area contributed by atoms with Crippen LogP contribution in [-0.2, 0) is 11.2 Å². The monoisotopic (exact) mass is 306 g/mol. The third-order valence-electron chi connectivity index (χ3n) is 4.02. The molecule has 1 aliphatic rings. The molecule has 2 rings (SSSR count). The number of nitrogens with one attached hydrogen (secondary N) is 1. The highest BCUT2D eigenvalue weighted by Crippen LogP contribution is 2.26. The van der Waals surface area contributed by atoms with Gasteiger partial charge in [0.05, 0.1) is 17.5 Å². The summed E-state index contributed by atoms with van der Waals surface area (Å²) in [6.07, 6.45) is 5.94. The predicted molar refractivity (Wildman–Crippen MR) is 87.1 cm³/mol. The number of carbonyl (C=O) groups is 1. The Bertz CT molecular complexity index is 513. The lowest BCUT2D eigenvalue weighted by Crippen LogP contribution is -2.49. The summed E-state index contributed by atoms with van der Waals surface area (Å²) in [6.45, 7) is 0. The van der Waals surface area contributed by atoms with Crippen molar-refractivity contribution < 1.29 is 9.90 Å². The van der Waals surface area contributed by atoms with Gasteiger partial charge in [0.1, 0.15) is 5.75 Å². The van der Waals surface area contributed by atoms with Crippen LogP contribution in [0.1, 0.15) is 37.7 Å². The lowest BCUT2D eigenvalue weighted by Gasteiger charge is -2.30. The summed E-state index contributed by atoms with van der Waals surface area (Å²) >= 11 is 5.12. The van der Waals surface area contributed by atoms with Crippen molar-refractivity contribution in [1.82, 2.24) is 5.32 Å². The zero-order chi connectivity index (χ0) is 15.2. The van der Waals surface area contributed by atoms with Crippen LogP contribution in [0.2, 0.25) is 0 Å². The molecule has 1 unspecified atom stereocenters. The quantitative estimate of drug-likeness (QED) is 0.730. The Hall–Kier alpha value is -1.62. The maximum Gasteiger partial charge on any atom is 0.224 e. The van der Waals surface area contributed by atoms with Gasteiger partial charge in [0.25, 0.3) is 0 Å². The first-order chi connectivity index (χ1) is 10.1. The number of hydrogen-bond donors (Lipinski definition) is 3. The van der Waals surface area contributed by atoms with E-state index in [0.717, 1.165) is 18.4 Å². The van der Waals surface area contributed by atoms with E-state index in [-0.39, 0.29) is 24.1 Å². The van der Waals surface area contributed by atoms with Gasteiger partial charge in [-0.1, -0.05) is 43.6 Å². The number of carbonyl (C=O) groups excluding carboxylic acids is 1. The predicted octanol–water partition coefficient (Wildman–Crippen LogP) is 2.29. The van der Waals surface area contributed by atoms with E-state index in [1.807, 2.05) is 6.07 Å². The molecule has 4 nitrogen and oxygen atoms in total. The topological polar surface area (TPSA) is 75.3 Å². The highest BCUT2D eigenvalue weighted by molar-refractivity contribution is 7.80. The van der Waals surface area contributed by atoms with E-state index in [0.29, 0.717) is 10.9 Å². The Labute approximate surface area is 130 Å². The molecule has 0 aromatic heterocycles. The van der Waals surface area contributed by atoms with Crippen LogP contribution in [0.4, 0.5) is 0 Å². The third-order valence-corrected chi connectivity index (χ3v) is 4.27. The Morgan fingerprint density at radius 2 is 2.10 bits per heavy atom. The molecule has 5 heteroatoms. The molecule has 1 saturated carbocycles. The fourth-order valence-electron chi connectivity index (χ4n) is 2.97. The maximum atomic E-state index is 12.2. The van der Waals surface area contributed by atoms with E-state index < -0.39 is 0 Å². The SMILES string of the molecule is NC(=S)C(NC(=O)Cc1cccc(O)c1)C1CCCCC1. The van der Waals surface area contributed by atoms with E-state index >= 15 is 0 Å². The van der Waals surface area contributed by atoms with Gasteiger partial charge < -0.3 is 16.2 Å². The number of rotatable bonds is 5. The Morgan fingerprint density at radius 3 is 2.71 bits per heavy atom. The minimum Gasteiger partial charge on any atom is -0.508 e. The summed E-state index contributed by atoms with van der Waals surface area (Å²) in [6, 6.07) is 6.50. The van der Waals surface area contributed by atoms with E-state index in [2.05, 4.69) is 5.32 Å². The first-order valence-corrected chi connectivity index (χ1v) is 7.83. The van der Waals surface area contributed by atoms with Crippen LogP contribution in [0.15, 0.2) is 24.3 Å². The van der Waals surface area contributed by atoms with Gasteiger partial charge >= 0.3 is 0 Å². The van der Waals surface area contributed by atoms with Crippen molar-refractivity contribution in [2.24, 2.45) is 11.7 Å². The average Bonchev–Trinajstić information content (AvgIpc) is 2.45. The average molecular weight is 306 g/mol. The van der Waals surface area contributed by atoms with Crippen LogP contribution in [0.5, 0.6) is 5.75 Å². The molecule has 0 bridgehead atoms. The number of hydrogen-bond acceptors (Lipinski definition) is 3. The van der Waals surface area contributed by atoms with Gasteiger partial charge in [-0.2, -0.15) is 0 Å². The van der Waals surface area contributed by atoms with Crippen molar-refractivity contribution in [1.29, 1.82) is 0 Å². The summed E-state index contributed by atoms with van der Waals surface area (Å²) in [5.74, 6) is 0.409. The number of phenolic OH excluding ortho intramolecular Hbond substituents is 1. The maximum absolute atomic E-state index is 12.2. The van der Waals surface area contributed by atoms with Crippen molar-refractivity contribution in [3.05, 3.63) is 29.8 Å². The first kappa shape index (κ1) is 15.8. The second-order valence-corrected chi connectivity index (χ2v) is 6.16. The molecule has 4 N–H and O–H groups in total. The van der Waals surface area contributed by atoms with E-state index in [9.17, 15) is 9.90 Å². The van der Waals surface area contributed by atoms with Crippen LogP contribution in [-0.4, -0.2) is 22.0 Å². The number of thiocarbonyl (C=S) groups is 1. The third kappa shape index (κ3) is 4.70. The Balaban J connectivity index is 1.96. The molecule has 114 valence electrons. The smallest absolute Gasteiger partial charge is 0.224 e. The molecular formula is C16H22N2O2S. The molecule has 1 atom stereocenters. The van der Waals surface area contributed by atoms with Crippen molar-refractivity contribution in [2.45, 2.75) is 44.6 Å². The molecule has 1 aromatic rings. The van der Waals surface area contributed by atoms with Gasteiger partial charge in [0, 0.05) is 0 Å². The van der Waals surface area contributed by atoms with Gasteiger partial charge in [0.15, 0.2) is 0 Å². The first-order valence-electron chi connectivity index (χ1n) is 7.43. The summed E-state index contributed by atoms with van der Waals surface area (Å²) in [7, 11) is 0. The van der Waals surface area contributed by atoms with Gasteiger partial charge in [-0.25, -0.2) is 0 Å². The van der Waals surface area contributed by atoms with Crippen molar-refractivity contribution in [3.8, 4) is 5.75 Å². The zero-order valence-electron chi connectivity index (χ0n) is 12.0. The summed E-state index contributed by atoms with van der Waals surface area (Å²) in [4.78, 5) is 12.5. The van der Waals surface area contributed by atoms with Crippen molar-refractivity contribution >= 4 is 23.1 Å². The molecule has 21 heavy (non-hydrogen) atoms. The largest absolute Gasteiger partial charge is 0.508 e. The molecular weight excluding hydrogens is 284 g/mol. The van der Waals surface area contributed by atoms with Gasteiger partial charge in [-0.3, -0.25) is 4.79 Å². The van der Waals surface area contributed by atoms with Crippen LogP contribution in [0.25, 0.3) is 0 Å². The second kappa shape index (κ2) is 7.41. The molecule has 1 aromatic carbocycles. The molecule has 0 saturated heterocycles. The van der Waals surface area contributed by atoms with E-state index in [1.54, 1.807) is 18.2 Å². The Kier molecular flexibility index (Phi) is 5.56. The normalized spacial score (nSPS) is 17.1. The standard InChI is InChI=1S/C16H22N2O2S/c17-16(21)15(12-6-2-1-3-7-12)18-14(20)10-11-5-4-8-13(19)9-11/h4-5,8-9,12,15,19H,1-3,6-7,10H2,(H2,17,21)(H,18,20). The van der Waals surface area contributed by atoms with Crippen LogP contribution in [0.3, 0.4) is 0 Å². The molecule has 0 radical (unpaired) electrons. The van der Waals surface area contributed by atoms with Crippen LogP contribution in [0, 0.1) is 5.92 Å². The number of phenols is 1. The fraction of sp³-hybridized carbons (Fsp3) is 0.500. The van der Waals surface area contributed by atoms with Gasteiger partial charge in [-0.05, 0) is 36.5 Å². The highest BCUT2D eigenvalue weighted by Gasteiger charge is 2.27. The minimum absolute atomic E-state index is 0.107. The summed E-state index contributed by atoms with van der Waals surface area (Å²) in [5, 5.41) is 12.4.